The van der Waals surface area contributed by atoms with Gasteiger partial charge in [-0.2, -0.15) is 0 Å². The highest BCUT2D eigenvalue weighted by Crippen LogP contribution is 2.16. The summed E-state index contributed by atoms with van der Waals surface area (Å²) >= 11 is 0. The number of nitrogens with one attached hydrogen (secondary N) is 2. The van der Waals surface area contributed by atoms with Gasteiger partial charge in [-0.1, -0.05) is 0 Å². The molecule has 3 aromatic rings. The lowest BCUT2D eigenvalue weighted by molar-refractivity contribution is 0.0940. The van der Waals surface area contributed by atoms with Gasteiger partial charge in [0, 0.05) is 26.2 Å². The predicted molar refractivity (Wildman–Crippen MR) is 77.9 cm³/mol. The van der Waals surface area contributed by atoms with Crippen LogP contribution in [0, 0.1) is 5.82 Å². The van der Waals surface area contributed by atoms with E-state index in [1.54, 1.807) is 24.7 Å². The number of imidazole rings is 1. The van der Waals surface area contributed by atoms with Gasteiger partial charge in [-0.25, -0.2) is 9.37 Å². The summed E-state index contributed by atoms with van der Waals surface area (Å²) in [5.41, 5.74) is 1.20. The van der Waals surface area contributed by atoms with E-state index in [9.17, 15) is 14.0 Å². The van der Waals surface area contributed by atoms with E-state index in [0.717, 1.165) is 5.52 Å². The van der Waals surface area contributed by atoms with E-state index in [-0.39, 0.29) is 29.5 Å². The number of halogens is 1. The van der Waals surface area contributed by atoms with Crippen LogP contribution in [-0.2, 0) is 20.6 Å². The molecule has 0 unspecified atom stereocenters. The van der Waals surface area contributed by atoms with E-state index in [4.69, 9.17) is 0 Å². The molecule has 0 bridgehead atoms. The maximum Gasteiger partial charge on any atom is 0.269 e. The average molecular weight is 303 g/mol. The first kappa shape index (κ1) is 14.1. The number of nitrogens with zero attached hydrogens (tertiary/aromatic N) is 3. The van der Waals surface area contributed by atoms with Crippen LogP contribution in [0.5, 0.6) is 0 Å². The van der Waals surface area contributed by atoms with Gasteiger partial charge >= 0.3 is 0 Å². The number of benzene rings is 1. The molecule has 22 heavy (non-hydrogen) atoms. The van der Waals surface area contributed by atoms with Crippen molar-refractivity contribution in [2.45, 2.75) is 6.54 Å². The highest BCUT2D eigenvalue weighted by atomic mass is 19.1. The summed E-state index contributed by atoms with van der Waals surface area (Å²) in [5, 5.41) is 5.15. The molecular formula is C14H14FN5O2. The number of H-pyrrole nitrogens is 1. The van der Waals surface area contributed by atoms with Crippen LogP contribution in [0.2, 0.25) is 0 Å². The van der Waals surface area contributed by atoms with Crippen LogP contribution in [0.4, 0.5) is 4.39 Å². The van der Waals surface area contributed by atoms with E-state index in [2.05, 4.69) is 15.4 Å². The molecule has 0 spiro atoms. The van der Waals surface area contributed by atoms with Gasteiger partial charge in [0.15, 0.2) is 0 Å². The molecule has 0 atom stereocenters. The van der Waals surface area contributed by atoms with E-state index in [0.29, 0.717) is 11.3 Å². The smallest absolute Gasteiger partial charge is 0.269 e. The standard InChI is InChI=1S/C14H14FN5O2/c1-19-10-4-3-8(15)5-9(10)17-12(19)7-16-14(22)11-6-13(21)18-20(11)2/h3-6H,7H2,1-2H3,(H,16,22)(H,18,21). The Bertz CT molecular complexity index is 921. The number of aryl methyl sites for hydroxylation is 2. The minimum atomic E-state index is -0.390. The monoisotopic (exact) mass is 303 g/mol. The Hall–Kier alpha value is -2.90. The normalized spacial score (nSPS) is 11.0. The van der Waals surface area contributed by atoms with Crippen molar-refractivity contribution in [3.63, 3.8) is 0 Å². The molecule has 7 nitrogen and oxygen atoms in total. The van der Waals surface area contributed by atoms with Gasteiger partial charge in [-0.15, -0.1) is 0 Å². The fourth-order valence-corrected chi connectivity index (χ4v) is 2.33. The van der Waals surface area contributed by atoms with Gasteiger partial charge in [0.05, 0.1) is 17.6 Å². The van der Waals surface area contributed by atoms with E-state index in [1.807, 2.05) is 0 Å². The number of aromatic amines is 1. The van der Waals surface area contributed by atoms with E-state index >= 15 is 0 Å². The van der Waals surface area contributed by atoms with Crippen molar-refractivity contribution >= 4 is 16.9 Å². The molecule has 3 rings (SSSR count). The maximum atomic E-state index is 13.2. The predicted octanol–water partition coefficient (Wildman–Crippen LogP) is 0.669. The van der Waals surface area contributed by atoms with Crippen LogP contribution in [0.3, 0.4) is 0 Å². The molecule has 1 amide bonds. The van der Waals surface area contributed by atoms with Crippen LogP contribution in [0.1, 0.15) is 16.3 Å². The second kappa shape index (κ2) is 5.14. The average Bonchev–Trinajstić information content (AvgIpc) is 2.96. The van der Waals surface area contributed by atoms with Gasteiger partial charge in [0.25, 0.3) is 11.5 Å². The molecule has 0 aliphatic heterocycles. The summed E-state index contributed by atoms with van der Waals surface area (Å²) in [7, 11) is 3.37. The van der Waals surface area contributed by atoms with Crippen LogP contribution in [0.15, 0.2) is 29.1 Å². The molecular weight excluding hydrogens is 289 g/mol. The zero-order valence-corrected chi connectivity index (χ0v) is 12.1. The van der Waals surface area contributed by atoms with Crippen LogP contribution < -0.4 is 10.9 Å². The number of carbonyl (C=O) groups excluding carboxylic acids is 1. The number of amides is 1. The van der Waals surface area contributed by atoms with Crippen molar-refractivity contribution < 1.29 is 9.18 Å². The number of hydrogen-bond donors (Lipinski definition) is 2. The maximum absolute atomic E-state index is 13.2. The van der Waals surface area contributed by atoms with Gasteiger partial charge < -0.3 is 9.88 Å². The molecule has 1 aromatic carbocycles. The number of aromatic nitrogens is 4. The lowest BCUT2D eigenvalue weighted by Gasteiger charge is -2.05. The summed E-state index contributed by atoms with van der Waals surface area (Å²) < 4.78 is 16.3. The Morgan fingerprint density at radius 2 is 2.14 bits per heavy atom. The van der Waals surface area contributed by atoms with Crippen LogP contribution >= 0.6 is 0 Å². The first-order valence-electron chi connectivity index (χ1n) is 6.61. The number of rotatable bonds is 3. The summed E-state index contributed by atoms with van der Waals surface area (Å²) in [4.78, 5) is 27.5. The third-order valence-electron chi connectivity index (χ3n) is 3.48. The van der Waals surface area contributed by atoms with Crippen molar-refractivity contribution in [3.8, 4) is 0 Å². The van der Waals surface area contributed by atoms with Gasteiger partial charge in [-0.3, -0.25) is 19.4 Å². The van der Waals surface area contributed by atoms with Gasteiger partial charge in [-0.05, 0) is 12.1 Å². The molecule has 2 N–H and O–H groups in total. The van der Waals surface area contributed by atoms with Crippen LogP contribution in [-0.4, -0.2) is 25.2 Å². The minimum Gasteiger partial charge on any atom is -0.343 e. The molecule has 0 saturated heterocycles. The molecule has 0 aliphatic carbocycles. The number of hydrogen-bond acceptors (Lipinski definition) is 3. The summed E-state index contributed by atoms with van der Waals surface area (Å²) in [6.07, 6.45) is 0. The SMILES string of the molecule is Cn1[nH]c(=O)cc1C(=O)NCc1nc2cc(F)ccc2n1C. The molecule has 114 valence electrons. The fourth-order valence-electron chi connectivity index (χ4n) is 2.33. The largest absolute Gasteiger partial charge is 0.343 e. The highest BCUT2D eigenvalue weighted by molar-refractivity contribution is 5.92. The third kappa shape index (κ3) is 2.39. The Morgan fingerprint density at radius 3 is 2.82 bits per heavy atom. The molecule has 0 radical (unpaired) electrons. The molecule has 2 heterocycles. The Labute approximate surface area is 124 Å². The topological polar surface area (TPSA) is 84.7 Å². The number of carbonyl (C=O) groups is 1. The van der Waals surface area contributed by atoms with Crippen molar-refractivity contribution in [2.75, 3.05) is 0 Å². The lowest BCUT2D eigenvalue weighted by Crippen LogP contribution is -2.26. The summed E-state index contributed by atoms with van der Waals surface area (Å²) in [5.74, 6) is -0.155. The van der Waals surface area contributed by atoms with Crippen molar-refractivity contribution in [2.24, 2.45) is 14.1 Å². The summed E-state index contributed by atoms with van der Waals surface area (Å²) in [6.45, 7) is 0.172. The van der Waals surface area contributed by atoms with Crippen molar-refractivity contribution in [3.05, 3.63) is 52.0 Å². The number of fused-ring (bicyclic) bond motifs is 1. The van der Waals surface area contributed by atoms with E-state index < -0.39 is 0 Å². The molecule has 2 aromatic heterocycles. The van der Waals surface area contributed by atoms with Crippen molar-refractivity contribution in [1.82, 2.24) is 24.6 Å². The second-order valence-corrected chi connectivity index (χ2v) is 4.97. The van der Waals surface area contributed by atoms with Crippen molar-refractivity contribution in [1.29, 1.82) is 0 Å². The minimum absolute atomic E-state index is 0.172. The van der Waals surface area contributed by atoms with Crippen LogP contribution in [0.25, 0.3) is 11.0 Å². The fraction of sp³-hybridized carbons (Fsp3) is 0.214. The van der Waals surface area contributed by atoms with E-state index in [1.165, 1.54) is 22.9 Å². The van der Waals surface area contributed by atoms with Gasteiger partial charge in [0.2, 0.25) is 0 Å². The second-order valence-electron chi connectivity index (χ2n) is 4.97. The third-order valence-corrected chi connectivity index (χ3v) is 3.48. The molecule has 0 aliphatic rings. The first-order valence-corrected chi connectivity index (χ1v) is 6.61. The quantitative estimate of drug-likeness (QED) is 0.746. The lowest BCUT2D eigenvalue weighted by atomic mass is 10.3. The zero-order valence-electron chi connectivity index (χ0n) is 12.1. The molecule has 0 saturated carbocycles. The Balaban J connectivity index is 1.82. The Morgan fingerprint density at radius 1 is 1.36 bits per heavy atom. The first-order chi connectivity index (χ1) is 10.5. The molecule has 0 fully saturated rings. The highest BCUT2D eigenvalue weighted by Gasteiger charge is 2.13. The Kier molecular flexibility index (Phi) is 3.28. The van der Waals surface area contributed by atoms with Gasteiger partial charge in [0.1, 0.15) is 17.3 Å². The molecule has 8 heteroatoms. The zero-order chi connectivity index (χ0) is 15.9. The summed E-state index contributed by atoms with van der Waals surface area (Å²) in [6, 6.07) is 5.57.